The molecule has 0 heterocycles. The first-order valence-electron chi connectivity index (χ1n) is 4.60. The molecular formula is C12H17N. The second-order valence-electron chi connectivity index (χ2n) is 4.29. The summed E-state index contributed by atoms with van der Waals surface area (Å²) in [6.07, 6.45) is 1.95. The van der Waals surface area contributed by atoms with Crippen molar-refractivity contribution in [1.29, 1.82) is 0 Å². The van der Waals surface area contributed by atoms with Gasteiger partial charge in [0.2, 0.25) is 0 Å². The predicted molar refractivity (Wildman–Crippen MR) is 58.5 cm³/mol. The van der Waals surface area contributed by atoms with Gasteiger partial charge in [0.1, 0.15) is 0 Å². The zero-order valence-electron chi connectivity index (χ0n) is 8.83. The van der Waals surface area contributed by atoms with Crippen LogP contribution in [0.4, 0.5) is 0 Å². The lowest BCUT2D eigenvalue weighted by Crippen LogP contribution is -2.09. The lowest BCUT2D eigenvalue weighted by atomic mass is 10.1. The monoisotopic (exact) mass is 175 g/mol. The minimum absolute atomic E-state index is 0.0162. The molecule has 0 atom stereocenters. The standard InChI is InChI=1S/C12H17N/c1-10-7-5-6-8-11(10)9-13-12(2,3)4/h5-9H,1-4H3. The summed E-state index contributed by atoms with van der Waals surface area (Å²) in [5.74, 6) is 0. The summed E-state index contributed by atoms with van der Waals surface area (Å²) in [6.45, 7) is 8.40. The maximum absolute atomic E-state index is 4.46. The Morgan fingerprint density at radius 3 is 2.31 bits per heavy atom. The molecule has 70 valence electrons. The third-order valence-electron chi connectivity index (χ3n) is 1.78. The molecule has 0 amide bonds. The van der Waals surface area contributed by atoms with Crippen molar-refractivity contribution >= 4 is 6.21 Å². The largest absolute Gasteiger partial charge is 0.287 e. The number of hydrogen-bond donors (Lipinski definition) is 0. The molecule has 0 aromatic heterocycles. The van der Waals surface area contributed by atoms with Crippen LogP contribution in [0, 0.1) is 6.92 Å². The Kier molecular flexibility index (Phi) is 2.86. The molecule has 0 saturated carbocycles. The zero-order valence-corrected chi connectivity index (χ0v) is 8.83. The number of nitrogens with zero attached hydrogens (tertiary/aromatic N) is 1. The fraction of sp³-hybridized carbons (Fsp3) is 0.417. The van der Waals surface area contributed by atoms with Crippen LogP contribution < -0.4 is 0 Å². The highest BCUT2D eigenvalue weighted by molar-refractivity contribution is 5.81. The molecule has 0 unspecified atom stereocenters. The second kappa shape index (κ2) is 3.73. The molecule has 1 heteroatoms. The van der Waals surface area contributed by atoms with Crippen LogP contribution in [-0.2, 0) is 0 Å². The molecule has 0 aliphatic heterocycles. The van der Waals surface area contributed by atoms with Crippen molar-refractivity contribution in [3.63, 3.8) is 0 Å². The van der Waals surface area contributed by atoms with Crippen LogP contribution in [0.5, 0.6) is 0 Å². The van der Waals surface area contributed by atoms with E-state index in [1.54, 1.807) is 0 Å². The normalized spacial score (nSPS) is 12.3. The van der Waals surface area contributed by atoms with Gasteiger partial charge in [-0.1, -0.05) is 24.3 Å². The highest BCUT2D eigenvalue weighted by atomic mass is 14.8. The molecular weight excluding hydrogens is 158 g/mol. The van der Waals surface area contributed by atoms with Gasteiger partial charge in [-0.05, 0) is 38.8 Å². The van der Waals surface area contributed by atoms with Gasteiger partial charge in [-0.15, -0.1) is 0 Å². The van der Waals surface area contributed by atoms with Crippen LogP contribution >= 0.6 is 0 Å². The Balaban J connectivity index is 2.86. The van der Waals surface area contributed by atoms with Gasteiger partial charge in [0.25, 0.3) is 0 Å². The maximum Gasteiger partial charge on any atom is 0.0524 e. The van der Waals surface area contributed by atoms with Crippen molar-refractivity contribution in [3.05, 3.63) is 35.4 Å². The van der Waals surface area contributed by atoms with Gasteiger partial charge >= 0.3 is 0 Å². The topological polar surface area (TPSA) is 12.4 Å². The molecule has 1 aromatic rings. The molecule has 0 aliphatic carbocycles. The molecule has 1 rings (SSSR count). The molecule has 1 aromatic carbocycles. The van der Waals surface area contributed by atoms with E-state index in [0.29, 0.717) is 0 Å². The number of benzene rings is 1. The summed E-state index contributed by atoms with van der Waals surface area (Å²) in [7, 11) is 0. The first-order valence-corrected chi connectivity index (χ1v) is 4.60. The summed E-state index contributed by atoms with van der Waals surface area (Å²) in [5, 5.41) is 0. The lowest BCUT2D eigenvalue weighted by molar-refractivity contribution is 0.586. The fourth-order valence-corrected chi connectivity index (χ4v) is 0.995. The van der Waals surface area contributed by atoms with Gasteiger partial charge in [0, 0.05) is 6.21 Å². The van der Waals surface area contributed by atoms with Gasteiger partial charge in [0.05, 0.1) is 5.54 Å². The molecule has 0 bridgehead atoms. The van der Waals surface area contributed by atoms with E-state index in [9.17, 15) is 0 Å². The van der Waals surface area contributed by atoms with E-state index in [1.807, 2.05) is 18.3 Å². The van der Waals surface area contributed by atoms with Crippen molar-refractivity contribution in [2.45, 2.75) is 33.2 Å². The Bertz CT molecular complexity index is 305. The molecule has 0 N–H and O–H groups in total. The van der Waals surface area contributed by atoms with Crippen LogP contribution in [-0.4, -0.2) is 11.8 Å². The summed E-state index contributed by atoms with van der Waals surface area (Å²) in [6, 6.07) is 8.27. The van der Waals surface area contributed by atoms with Gasteiger partial charge in [-0.3, -0.25) is 4.99 Å². The first kappa shape index (κ1) is 9.97. The molecule has 0 radical (unpaired) electrons. The second-order valence-corrected chi connectivity index (χ2v) is 4.29. The summed E-state index contributed by atoms with van der Waals surface area (Å²) < 4.78 is 0. The minimum atomic E-state index is 0.0162. The molecule has 13 heavy (non-hydrogen) atoms. The van der Waals surface area contributed by atoms with E-state index < -0.39 is 0 Å². The molecule has 0 aliphatic rings. The maximum atomic E-state index is 4.46. The smallest absolute Gasteiger partial charge is 0.0524 e. The number of aryl methyl sites for hydroxylation is 1. The van der Waals surface area contributed by atoms with Crippen molar-refractivity contribution in [2.75, 3.05) is 0 Å². The van der Waals surface area contributed by atoms with E-state index in [2.05, 4.69) is 44.8 Å². The molecule has 0 spiro atoms. The molecule has 0 saturated heterocycles. The van der Waals surface area contributed by atoms with Crippen molar-refractivity contribution in [1.82, 2.24) is 0 Å². The highest BCUT2D eigenvalue weighted by Crippen LogP contribution is 2.08. The Morgan fingerprint density at radius 1 is 1.15 bits per heavy atom. The van der Waals surface area contributed by atoms with Crippen LogP contribution in [0.1, 0.15) is 31.9 Å². The predicted octanol–water partition coefficient (Wildman–Crippen LogP) is 3.21. The van der Waals surface area contributed by atoms with Gasteiger partial charge < -0.3 is 0 Å². The lowest BCUT2D eigenvalue weighted by Gasteiger charge is -2.11. The first-order chi connectivity index (χ1) is 5.99. The van der Waals surface area contributed by atoms with Crippen LogP contribution in [0.15, 0.2) is 29.3 Å². The number of hydrogen-bond acceptors (Lipinski definition) is 1. The average molecular weight is 175 g/mol. The molecule has 0 fully saturated rings. The third-order valence-corrected chi connectivity index (χ3v) is 1.78. The highest BCUT2D eigenvalue weighted by Gasteiger charge is 2.04. The van der Waals surface area contributed by atoms with E-state index in [0.717, 1.165) is 0 Å². The Morgan fingerprint density at radius 2 is 1.77 bits per heavy atom. The number of aliphatic imine (C=N–C) groups is 1. The van der Waals surface area contributed by atoms with Gasteiger partial charge in [0.15, 0.2) is 0 Å². The fourth-order valence-electron chi connectivity index (χ4n) is 0.995. The van der Waals surface area contributed by atoms with Crippen molar-refractivity contribution in [3.8, 4) is 0 Å². The van der Waals surface area contributed by atoms with Crippen molar-refractivity contribution in [2.24, 2.45) is 4.99 Å². The van der Waals surface area contributed by atoms with Gasteiger partial charge in [-0.25, -0.2) is 0 Å². The summed E-state index contributed by atoms with van der Waals surface area (Å²) in [4.78, 5) is 4.46. The SMILES string of the molecule is Cc1ccccc1C=NC(C)(C)C. The van der Waals surface area contributed by atoms with Crippen LogP contribution in [0.2, 0.25) is 0 Å². The molecule has 1 nitrogen and oxygen atoms in total. The van der Waals surface area contributed by atoms with Crippen LogP contribution in [0.3, 0.4) is 0 Å². The van der Waals surface area contributed by atoms with E-state index in [4.69, 9.17) is 0 Å². The minimum Gasteiger partial charge on any atom is -0.287 e. The van der Waals surface area contributed by atoms with E-state index in [1.165, 1.54) is 11.1 Å². The van der Waals surface area contributed by atoms with E-state index >= 15 is 0 Å². The third kappa shape index (κ3) is 3.41. The van der Waals surface area contributed by atoms with Gasteiger partial charge in [-0.2, -0.15) is 0 Å². The Labute approximate surface area is 80.5 Å². The van der Waals surface area contributed by atoms with E-state index in [-0.39, 0.29) is 5.54 Å². The summed E-state index contributed by atoms with van der Waals surface area (Å²) >= 11 is 0. The average Bonchev–Trinajstić information content (AvgIpc) is 2.01. The summed E-state index contributed by atoms with van der Waals surface area (Å²) in [5.41, 5.74) is 2.50. The van der Waals surface area contributed by atoms with Crippen molar-refractivity contribution < 1.29 is 0 Å². The number of rotatable bonds is 1. The quantitative estimate of drug-likeness (QED) is 0.581. The Hall–Kier alpha value is -1.11. The van der Waals surface area contributed by atoms with Crippen LogP contribution in [0.25, 0.3) is 0 Å². The zero-order chi connectivity index (χ0) is 9.90.